The second kappa shape index (κ2) is 9.70. The molecular weight excluding hydrogens is 208 g/mol. The van der Waals surface area contributed by atoms with Crippen molar-refractivity contribution in [3.63, 3.8) is 0 Å². The van der Waals surface area contributed by atoms with Crippen molar-refractivity contribution in [2.75, 3.05) is 6.61 Å². The normalized spacial score (nSPS) is 21.5. The molecule has 0 amide bonds. The van der Waals surface area contributed by atoms with E-state index in [2.05, 4.69) is 13.5 Å². The Kier molecular flexibility index (Phi) is 8.42. The summed E-state index contributed by atoms with van der Waals surface area (Å²) in [6.45, 7) is 6.72. The minimum atomic E-state index is 0.492. The van der Waals surface area contributed by atoms with Crippen LogP contribution in [0.25, 0.3) is 0 Å². The van der Waals surface area contributed by atoms with Gasteiger partial charge < -0.3 is 4.74 Å². The van der Waals surface area contributed by atoms with Gasteiger partial charge in [0.2, 0.25) is 0 Å². The van der Waals surface area contributed by atoms with Crippen LogP contribution in [0.3, 0.4) is 0 Å². The summed E-state index contributed by atoms with van der Waals surface area (Å²) in [6, 6.07) is 0. The Labute approximate surface area is 108 Å². The van der Waals surface area contributed by atoms with E-state index in [1.54, 1.807) is 0 Å². The molecule has 0 aromatic heterocycles. The van der Waals surface area contributed by atoms with E-state index in [0.29, 0.717) is 6.10 Å². The van der Waals surface area contributed by atoms with Gasteiger partial charge >= 0.3 is 0 Å². The predicted octanol–water partition coefficient (Wildman–Crippen LogP) is 5.25. The van der Waals surface area contributed by atoms with Crippen molar-refractivity contribution in [2.45, 2.75) is 83.7 Å². The molecule has 0 saturated heterocycles. The summed E-state index contributed by atoms with van der Waals surface area (Å²) in [4.78, 5) is 0. The van der Waals surface area contributed by atoms with Crippen LogP contribution in [-0.2, 0) is 4.74 Å². The van der Waals surface area contributed by atoms with Crippen molar-refractivity contribution in [3.8, 4) is 0 Å². The summed E-state index contributed by atoms with van der Waals surface area (Å²) < 4.78 is 5.95. The van der Waals surface area contributed by atoms with Gasteiger partial charge in [0.25, 0.3) is 0 Å². The minimum Gasteiger partial charge on any atom is -0.374 e. The minimum absolute atomic E-state index is 0.492. The van der Waals surface area contributed by atoms with Crippen molar-refractivity contribution in [1.29, 1.82) is 0 Å². The first-order valence-corrected chi connectivity index (χ1v) is 7.55. The molecule has 1 rings (SSSR count). The van der Waals surface area contributed by atoms with E-state index in [9.17, 15) is 0 Å². The highest BCUT2D eigenvalue weighted by molar-refractivity contribution is 4.87. The molecule has 1 saturated carbocycles. The first-order chi connectivity index (χ1) is 8.29. The maximum atomic E-state index is 5.95. The Morgan fingerprint density at radius 3 is 1.71 bits per heavy atom. The average molecular weight is 238 g/mol. The predicted molar refractivity (Wildman–Crippen MR) is 75.3 cm³/mol. The molecule has 0 atom stereocenters. The van der Waals surface area contributed by atoms with E-state index < -0.39 is 0 Å². The Bertz CT molecular complexity index is 186. The number of rotatable bonds is 3. The van der Waals surface area contributed by atoms with Crippen molar-refractivity contribution < 1.29 is 4.74 Å². The van der Waals surface area contributed by atoms with Gasteiger partial charge in [-0.15, -0.1) is 0 Å². The van der Waals surface area contributed by atoms with Crippen molar-refractivity contribution in [3.05, 3.63) is 12.2 Å². The molecule has 1 nitrogen and oxygen atoms in total. The van der Waals surface area contributed by atoms with Crippen LogP contribution in [0.2, 0.25) is 0 Å². The summed E-state index contributed by atoms with van der Waals surface area (Å²) in [6.07, 6.45) is 15.7. The van der Waals surface area contributed by atoms with Crippen LogP contribution >= 0.6 is 0 Å². The lowest BCUT2D eigenvalue weighted by atomic mass is 9.99. The lowest BCUT2D eigenvalue weighted by Crippen LogP contribution is -2.14. The highest BCUT2D eigenvalue weighted by Crippen LogP contribution is 2.19. The van der Waals surface area contributed by atoms with Crippen molar-refractivity contribution in [2.24, 2.45) is 0 Å². The molecule has 0 unspecified atom stereocenters. The summed E-state index contributed by atoms with van der Waals surface area (Å²) in [5.41, 5.74) is 1.15. The molecule has 0 spiro atoms. The van der Waals surface area contributed by atoms with Crippen molar-refractivity contribution >= 4 is 0 Å². The van der Waals surface area contributed by atoms with Crippen LogP contribution in [0.1, 0.15) is 77.6 Å². The molecule has 0 aliphatic heterocycles. The van der Waals surface area contributed by atoms with Gasteiger partial charge in [0.15, 0.2) is 0 Å². The summed E-state index contributed by atoms with van der Waals surface area (Å²) in [5, 5.41) is 0. The zero-order valence-electron chi connectivity index (χ0n) is 11.7. The zero-order chi connectivity index (χ0) is 12.3. The SMILES string of the molecule is C=C(C)COC1CCCCCCCCCCC1. The lowest BCUT2D eigenvalue weighted by Gasteiger charge is -2.18. The van der Waals surface area contributed by atoms with E-state index in [-0.39, 0.29) is 0 Å². The maximum absolute atomic E-state index is 5.95. The highest BCUT2D eigenvalue weighted by Gasteiger charge is 2.09. The Hall–Kier alpha value is -0.300. The first kappa shape index (κ1) is 14.8. The molecule has 1 aliphatic rings. The maximum Gasteiger partial charge on any atom is 0.0675 e. The fourth-order valence-corrected chi connectivity index (χ4v) is 2.55. The van der Waals surface area contributed by atoms with E-state index in [0.717, 1.165) is 12.2 Å². The fraction of sp³-hybridized carbons (Fsp3) is 0.875. The van der Waals surface area contributed by atoms with Crippen LogP contribution in [0.5, 0.6) is 0 Å². The van der Waals surface area contributed by atoms with Gasteiger partial charge in [0.05, 0.1) is 12.7 Å². The third kappa shape index (κ3) is 8.43. The Morgan fingerprint density at radius 2 is 1.29 bits per heavy atom. The molecular formula is C16H30O. The van der Waals surface area contributed by atoms with Gasteiger partial charge in [0, 0.05) is 0 Å². The fourth-order valence-electron chi connectivity index (χ4n) is 2.55. The van der Waals surface area contributed by atoms with Crippen LogP contribution in [0, 0.1) is 0 Å². The molecule has 1 aliphatic carbocycles. The second-order valence-electron chi connectivity index (χ2n) is 5.65. The monoisotopic (exact) mass is 238 g/mol. The zero-order valence-corrected chi connectivity index (χ0v) is 11.7. The molecule has 0 aromatic carbocycles. The van der Waals surface area contributed by atoms with Crippen LogP contribution in [-0.4, -0.2) is 12.7 Å². The van der Waals surface area contributed by atoms with E-state index in [1.165, 1.54) is 70.6 Å². The third-order valence-corrected chi connectivity index (χ3v) is 3.62. The highest BCUT2D eigenvalue weighted by atomic mass is 16.5. The molecule has 0 bridgehead atoms. The van der Waals surface area contributed by atoms with E-state index >= 15 is 0 Å². The molecule has 0 heterocycles. The van der Waals surface area contributed by atoms with E-state index in [1.807, 2.05) is 0 Å². The standard InChI is InChI=1S/C16H30O/c1-15(2)14-17-16-12-10-8-6-4-3-5-7-9-11-13-16/h16H,1,3-14H2,2H3. The molecule has 0 radical (unpaired) electrons. The molecule has 0 N–H and O–H groups in total. The van der Waals surface area contributed by atoms with Gasteiger partial charge in [-0.25, -0.2) is 0 Å². The van der Waals surface area contributed by atoms with Gasteiger partial charge in [-0.1, -0.05) is 69.9 Å². The molecule has 17 heavy (non-hydrogen) atoms. The topological polar surface area (TPSA) is 9.23 Å². The Balaban J connectivity index is 2.24. The quantitative estimate of drug-likeness (QED) is 0.610. The largest absolute Gasteiger partial charge is 0.374 e. The molecule has 1 fully saturated rings. The van der Waals surface area contributed by atoms with Gasteiger partial charge in [0.1, 0.15) is 0 Å². The average Bonchev–Trinajstić information content (AvgIpc) is 2.28. The van der Waals surface area contributed by atoms with Crippen LogP contribution < -0.4 is 0 Å². The lowest BCUT2D eigenvalue weighted by molar-refractivity contribution is 0.0531. The number of hydrogen-bond acceptors (Lipinski definition) is 1. The molecule has 100 valence electrons. The second-order valence-corrected chi connectivity index (χ2v) is 5.65. The number of ether oxygens (including phenoxy) is 1. The van der Waals surface area contributed by atoms with Gasteiger partial charge in [-0.05, 0) is 19.8 Å². The van der Waals surface area contributed by atoms with Gasteiger partial charge in [-0.3, -0.25) is 0 Å². The van der Waals surface area contributed by atoms with Crippen molar-refractivity contribution in [1.82, 2.24) is 0 Å². The molecule has 0 aromatic rings. The molecule has 1 heteroatoms. The first-order valence-electron chi connectivity index (χ1n) is 7.55. The van der Waals surface area contributed by atoms with Crippen LogP contribution in [0.15, 0.2) is 12.2 Å². The van der Waals surface area contributed by atoms with Crippen LogP contribution in [0.4, 0.5) is 0 Å². The number of hydrogen-bond donors (Lipinski definition) is 0. The third-order valence-electron chi connectivity index (χ3n) is 3.62. The van der Waals surface area contributed by atoms with Gasteiger partial charge in [-0.2, -0.15) is 0 Å². The Morgan fingerprint density at radius 1 is 0.882 bits per heavy atom. The summed E-state index contributed by atoms with van der Waals surface area (Å²) >= 11 is 0. The van der Waals surface area contributed by atoms with E-state index in [4.69, 9.17) is 4.74 Å². The summed E-state index contributed by atoms with van der Waals surface area (Å²) in [5.74, 6) is 0. The summed E-state index contributed by atoms with van der Waals surface area (Å²) in [7, 11) is 0. The smallest absolute Gasteiger partial charge is 0.0675 e.